The van der Waals surface area contributed by atoms with Gasteiger partial charge in [-0.25, -0.2) is 0 Å². The van der Waals surface area contributed by atoms with Crippen LogP contribution in [0.25, 0.3) is 0 Å². The number of carbonyl (C=O) groups excluding carboxylic acids is 1. The molecule has 1 aromatic carbocycles. The number of phenols is 1. The van der Waals surface area contributed by atoms with E-state index in [0.717, 1.165) is 5.56 Å². The van der Waals surface area contributed by atoms with Gasteiger partial charge >= 0.3 is 5.97 Å². The molecule has 0 bridgehead atoms. The maximum absolute atomic E-state index is 10.9. The Labute approximate surface area is 145 Å². The van der Waals surface area contributed by atoms with E-state index in [0.29, 0.717) is 22.9 Å². The summed E-state index contributed by atoms with van der Waals surface area (Å²) >= 11 is 3.32. The Balaban J connectivity index is 3.00. The van der Waals surface area contributed by atoms with Gasteiger partial charge < -0.3 is 20.1 Å². The van der Waals surface area contributed by atoms with Crippen LogP contribution in [0.3, 0.4) is 0 Å². The zero-order valence-electron chi connectivity index (χ0n) is 14.0. The molecule has 0 radical (unpaired) electrons. The largest absolute Gasteiger partial charge is 0.506 e. The Morgan fingerprint density at radius 2 is 2.00 bits per heavy atom. The van der Waals surface area contributed by atoms with E-state index in [2.05, 4.69) is 15.9 Å². The number of phenolic OH excluding ortho intramolecular Hbond substituents is 1. The van der Waals surface area contributed by atoms with Gasteiger partial charge in [-0.15, -0.1) is 0 Å². The first-order chi connectivity index (χ1) is 10.5. The first-order valence-corrected chi connectivity index (χ1v) is 8.34. The van der Waals surface area contributed by atoms with E-state index in [-0.39, 0.29) is 24.2 Å². The van der Waals surface area contributed by atoms with Gasteiger partial charge in [0.05, 0.1) is 22.8 Å². The van der Waals surface area contributed by atoms with Crippen LogP contribution >= 0.6 is 15.9 Å². The van der Waals surface area contributed by atoms with Gasteiger partial charge in [-0.05, 0) is 72.7 Å². The molecule has 2 atom stereocenters. The molecule has 0 aliphatic heterocycles. The fraction of sp³-hybridized carbons (Fsp3) is 0.588. The molecule has 0 aliphatic rings. The van der Waals surface area contributed by atoms with E-state index >= 15 is 0 Å². The topological polar surface area (TPSA) is 87.0 Å². The van der Waals surface area contributed by atoms with E-state index in [1.165, 1.54) is 6.92 Å². The van der Waals surface area contributed by atoms with Gasteiger partial charge in [0.15, 0.2) is 0 Å². The Kier molecular flexibility index (Phi) is 7.04. The van der Waals surface area contributed by atoms with Crippen molar-refractivity contribution in [1.29, 1.82) is 0 Å². The third-order valence-corrected chi connectivity index (χ3v) is 4.45. The molecule has 0 heterocycles. The second-order valence-electron chi connectivity index (χ2n) is 6.40. The number of benzene rings is 1. The van der Waals surface area contributed by atoms with Gasteiger partial charge in [-0.2, -0.15) is 0 Å². The number of rotatable bonds is 7. The second-order valence-corrected chi connectivity index (χ2v) is 7.25. The molecule has 0 amide bonds. The number of ether oxygens (including phenoxy) is 1. The van der Waals surface area contributed by atoms with Crippen molar-refractivity contribution in [3.05, 3.63) is 27.7 Å². The van der Waals surface area contributed by atoms with E-state index in [4.69, 9.17) is 4.74 Å². The minimum Gasteiger partial charge on any atom is -0.506 e. The summed E-state index contributed by atoms with van der Waals surface area (Å²) in [7, 11) is 0. The third kappa shape index (κ3) is 6.12. The molecule has 0 unspecified atom stereocenters. The predicted molar refractivity (Wildman–Crippen MR) is 91.5 cm³/mol. The smallest absolute Gasteiger partial charge is 0.302 e. The Morgan fingerprint density at radius 1 is 1.39 bits per heavy atom. The molecule has 0 aromatic heterocycles. The molecule has 6 heteroatoms. The minimum absolute atomic E-state index is 0.119. The summed E-state index contributed by atoms with van der Waals surface area (Å²) in [4.78, 5) is 10.9. The van der Waals surface area contributed by atoms with Crippen LogP contribution in [0.1, 0.15) is 50.7 Å². The van der Waals surface area contributed by atoms with Crippen LogP contribution in [0.2, 0.25) is 0 Å². The van der Waals surface area contributed by atoms with Crippen molar-refractivity contribution in [2.45, 2.75) is 58.2 Å². The van der Waals surface area contributed by atoms with Gasteiger partial charge in [0, 0.05) is 6.92 Å². The highest BCUT2D eigenvalue weighted by molar-refractivity contribution is 9.10. The third-order valence-electron chi connectivity index (χ3n) is 3.84. The number of halogens is 1. The molecule has 0 spiro atoms. The van der Waals surface area contributed by atoms with E-state index in [9.17, 15) is 20.1 Å². The summed E-state index contributed by atoms with van der Waals surface area (Å²) in [5.74, 6) is -0.295. The molecule has 5 nitrogen and oxygen atoms in total. The van der Waals surface area contributed by atoms with Crippen LogP contribution in [0, 0.1) is 6.92 Å². The number of esters is 1. The molecular weight excluding hydrogens is 364 g/mol. The maximum atomic E-state index is 10.9. The molecule has 0 saturated carbocycles. The van der Waals surface area contributed by atoms with Gasteiger partial charge in [-0.1, -0.05) is 6.07 Å². The molecule has 23 heavy (non-hydrogen) atoms. The van der Waals surface area contributed by atoms with Crippen molar-refractivity contribution < 1.29 is 24.9 Å². The number of hydrogen-bond acceptors (Lipinski definition) is 5. The number of hydrogen-bond donors (Lipinski definition) is 3. The minimum atomic E-state index is -1.22. The number of aromatic hydroxyl groups is 1. The van der Waals surface area contributed by atoms with Gasteiger partial charge in [0.1, 0.15) is 5.75 Å². The molecule has 130 valence electrons. The van der Waals surface area contributed by atoms with E-state index < -0.39 is 11.7 Å². The fourth-order valence-corrected chi connectivity index (χ4v) is 2.90. The van der Waals surface area contributed by atoms with Crippen LogP contribution < -0.4 is 0 Å². The number of aryl methyl sites for hydroxylation is 1. The highest BCUT2D eigenvalue weighted by atomic mass is 79.9. The predicted octanol–water partition coefficient (Wildman–Crippen LogP) is 3.02. The van der Waals surface area contributed by atoms with Crippen molar-refractivity contribution in [2.75, 3.05) is 6.61 Å². The summed E-state index contributed by atoms with van der Waals surface area (Å²) in [6.07, 6.45) is -0.0807. The summed E-state index contributed by atoms with van der Waals surface area (Å²) in [5, 5.41) is 30.0. The monoisotopic (exact) mass is 388 g/mol. The highest BCUT2D eigenvalue weighted by Gasteiger charge is 2.28. The highest BCUT2D eigenvalue weighted by Crippen LogP contribution is 2.35. The lowest BCUT2D eigenvalue weighted by Gasteiger charge is -2.29. The van der Waals surface area contributed by atoms with Crippen molar-refractivity contribution in [3.8, 4) is 5.75 Å². The lowest BCUT2D eigenvalue weighted by molar-refractivity contribution is -0.141. The standard InChI is InChI=1S/C17H25BrO5/c1-10-7-13(8-14(18)16(10)21)12(5-6-23-11(2)19)9-15(20)17(3,4)22/h7-8,12,15,20-22H,5-6,9H2,1-4H3/t12-,15+/m1/s1. The molecule has 1 aromatic rings. The molecule has 3 N–H and O–H groups in total. The maximum Gasteiger partial charge on any atom is 0.302 e. The first kappa shape index (κ1) is 19.9. The van der Waals surface area contributed by atoms with Crippen LogP contribution in [-0.2, 0) is 9.53 Å². The summed E-state index contributed by atoms with van der Waals surface area (Å²) < 4.78 is 5.57. The van der Waals surface area contributed by atoms with Crippen molar-refractivity contribution in [2.24, 2.45) is 0 Å². The first-order valence-electron chi connectivity index (χ1n) is 7.55. The van der Waals surface area contributed by atoms with Gasteiger partial charge in [0.25, 0.3) is 0 Å². The number of carbonyl (C=O) groups is 1. The normalized spacial score (nSPS) is 14.4. The van der Waals surface area contributed by atoms with Gasteiger partial charge in [-0.3, -0.25) is 4.79 Å². The van der Waals surface area contributed by atoms with E-state index in [1.807, 2.05) is 6.07 Å². The molecule has 0 fully saturated rings. The average Bonchev–Trinajstić information content (AvgIpc) is 2.41. The summed E-state index contributed by atoms with van der Waals surface area (Å²) in [6.45, 7) is 6.48. The Bertz CT molecular complexity index is 527. The Hall–Kier alpha value is -1.11. The van der Waals surface area contributed by atoms with Gasteiger partial charge in [0.2, 0.25) is 0 Å². The van der Waals surface area contributed by atoms with Crippen molar-refractivity contribution in [1.82, 2.24) is 0 Å². The van der Waals surface area contributed by atoms with Crippen molar-refractivity contribution in [3.63, 3.8) is 0 Å². The van der Waals surface area contributed by atoms with Crippen LogP contribution in [0.4, 0.5) is 0 Å². The van der Waals surface area contributed by atoms with E-state index in [1.54, 1.807) is 26.8 Å². The SMILES string of the molecule is CC(=O)OCC[C@H](C[C@H](O)C(C)(C)O)c1cc(C)c(O)c(Br)c1. The lowest BCUT2D eigenvalue weighted by Crippen LogP contribution is -2.37. The fourth-order valence-electron chi connectivity index (χ4n) is 2.32. The quantitative estimate of drug-likeness (QED) is 0.624. The van der Waals surface area contributed by atoms with Crippen molar-refractivity contribution >= 4 is 21.9 Å². The molecular formula is C17H25BrO5. The number of aliphatic hydroxyl groups is 2. The summed E-state index contributed by atoms with van der Waals surface area (Å²) in [6, 6.07) is 3.63. The zero-order chi connectivity index (χ0) is 17.8. The number of aliphatic hydroxyl groups excluding tert-OH is 1. The molecule has 0 saturated heterocycles. The van der Waals surface area contributed by atoms with Crippen LogP contribution in [0.5, 0.6) is 5.75 Å². The lowest BCUT2D eigenvalue weighted by atomic mass is 9.85. The summed E-state index contributed by atoms with van der Waals surface area (Å²) in [5.41, 5.74) is 0.398. The Morgan fingerprint density at radius 3 is 2.48 bits per heavy atom. The second kappa shape index (κ2) is 8.13. The molecule has 1 rings (SSSR count). The molecule has 0 aliphatic carbocycles. The zero-order valence-corrected chi connectivity index (χ0v) is 15.6. The van der Waals surface area contributed by atoms with Crippen LogP contribution in [-0.4, -0.2) is 39.6 Å². The van der Waals surface area contributed by atoms with Crippen LogP contribution in [0.15, 0.2) is 16.6 Å². The average molecular weight is 389 g/mol.